The Kier molecular flexibility index (Phi) is 4.52. The third-order valence-corrected chi connectivity index (χ3v) is 4.57. The number of carbonyl (C=O) groups excluding carboxylic acids is 3. The molecule has 1 aliphatic carbocycles. The molecule has 0 bridgehead atoms. The van der Waals surface area contributed by atoms with Crippen molar-refractivity contribution in [3.05, 3.63) is 35.3 Å². The molecular weight excluding hydrogens is 320 g/mol. The van der Waals surface area contributed by atoms with Crippen molar-refractivity contribution in [3.8, 4) is 0 Å². The number of furan rings is 1. The van der Waals surface area contributed by atoms with Gasteiger partial charge in [0.1, 0.15) is 5.76 Å². The monoisotopic (exact) mass is 336 g/mol. The van der Waals surface area contributed by atoms with E-state index in [9.17, 15) is 14.4 Å². The van der Waals surface area contributed by atoms with Crippen molar-refractivity contribution in [3.63, 3.8) is 0 Å². The Hall–Kier alpha value is -2.08. The molecule has 0 saturated carbocycles. The molecule has 1 fully saturated rings. The van der Waals surface area contributed by atoms with Crippen molar-refractivity contribution in [2.75, 3.05) is 6.54 Å². The molecule has 3 rings (SSSR count). The first-order valence-corrected chi connectivity index (χ1v) is 7.93. The highest BCUT2D eigenvalue weighted by atomic mass is 35.5. The topological polar surface area (TPSA) is 79.6 Å². The lowest BCUT2D eigenvalue weighted by molar-refractivity contribution is -0.140. The number of rotatable bonds is 5. The second kappa shape index (κ2) is 6.58. The largest absolute Gasteiger partial charge is 0.467 e. The Labute approximate surface area is 138 Å². The second-order valence-corrected chi connectivity index (χ2v) is 6.22. The van der Waals surface area contributed by atoms with Gasteiger partial charge >= 0.3 is 0 Å². The van der Waals surface area contributed by atoms with E-state index in [-0.39, 0.29) is 42.5 Å². The summed E-state index contributed by atoms with van der Waals surface area (Å²) in [4.78, 5) is 37.7. The molecule has 23 heavy (non-hydrogen) atoms. The van der Waals surface area contributed by atoms with Gasteiger partial charge in [-0.25, -0.2) is 0 Å². The van der Waals surface area contributed by atoms with Crippen LogP contribution in [0.5, 0.6) is 0 Å². The van der Waals surface area contributed by atoms with Crippen molar-refractivity contribution in [1.29, 1.82) is 0 Å². The van der Waals surface area contributed by atoms with Crippen LogP contribution in [-0.2, 0) is 20.9 Å². The molecule has 3 amide bonds. The summed E-state index contributed by atoms with van der Waals surface area (Å²) in [5.41, 5.74) is 0. The maximum Gasteiger partial charge on any atom is 0.233 e. The summed E-state index contributed by atoms with van der Waals surface area (Å²) >= 11 is 5.97. The number of nitrogens with zero attached hydrogens (tertiary/aromatic N) is 1. The molecule has 0 radical (unpaired) electrons. The Morgan fingerprint density at radius 3 is 2.87 bits per heavy atom. The molecule has 122 valence electrons. The van der Waals surface area contributed by atoms with Gasteiger partial charge in [0.05, 0.1) is 24.6 Å². The van der Waals surface area contributed by atoms with Crippen molar-refractivity contribution in [1.82, 2.24) is 10.2 Å². The first-order chi connectivity index (χ1) is 11.1. The number of imide groups is 1. The number of hydrogen-bond acceptors (Lipinski definition) is 4. The van der Waals surface area contributed by atoms with E-state index in [4.69, 9.17) is 16.0 Å². The Bertz CT molecular complexity index is 653. The van der Waals surface area contributed by atoms with Crippen molar-refractivity contribution in [2.24, 2.45) is 11.8 Å². The molecule has 2 aliphatic rings. The van der Waals surface area contributed by atoms with E-state index in [0.29, 0.717) is 30.2 Å². The van der Waals surface area contributed by atoms with E-state index in [2.05, 4.69) is 5.32 Å². The SMILES string of the molecule is O=C(CCN1C(=O)[C@H]2CC=C(Cl)C[C@@H]2C1=O)NCc1ccco1. The number of halogens is 1. The van der Waals surface area contributed by atoms with Crippen LogP contribution >= 0.6 is 11.6 Å². The van der Waals surface area contributed by atoms with Gasteiger partial charge in [-0.1, -0.05) is 17.7 Å². The highest BCUT2D eigenvalue weighted by molar-refractivity contribution is 6.30. The molecule has 0 spiro atoms. The molecule has 1 N–H and O–H groups in total. The van der Waals surface area contributed by atoms with Crippen molar-refractivity contribution in [2.45, 2.75) is 25.8 Å². The van der Waals surface area contributed by atoms with Gasteiger partial charge in [-0.15, -0.1) is 0 Å². The van der Waals surface area contributed by atoms with Gasteiger partial charge < -0.3 is 9.73 Å². The Balaban J connectivity index is 1.51. The number of likely N-dealkylation sites (tertiary alicyclic amines) is 1. The molecule has 1 saturated heterocycles. The number of fused-ring (bicyclic) bond motifs is 1. The molecule has 0 aromatic carbocycles. The zero-order chi connectivity index (χ0) is 16.4. The van der Waals surface area contributed by atoms with Crippen LogP contribution in [0.3, 0.4) is 0 Å². The summed E-state index contributed by atoms with van der Waals surface area (Å²) in [5, 5.41) is 3.33. The predicted molar refractivity (Wildman–Crippen MR) is 82.0 cm³/mol. The van der Waals surface area contributed by atoms with Gasteiger partial charge in [0, 0.05) is 18.0 Å². The lowest BCUT2D eigenvalue weighted by atomic mass is 9.85. The summed E-state index contributed by atoms with van der Waals surface area (Å²) in [7, 11) is 0. The minimum Gasteiger partial charge on any atom is -0.467 e. The maximum atomic E-state index is 12.3. The number of hydrogen-bond donors (Lipinski definition) is 1. The third-order valence-electron chi connectivity index (χ3n) is 4.26. The molecular formula is C16H17ClN2O4. The predicted octanol–water partition coefficient (Wildman–Crippen LogP) is 1.80. The van der Waals surface area contributed by atoms with Crippen LogP contribution in [0.15, 0.2) is 33.9 Å². The van der Waals surface area contributed by atoms with E-state index in [1.54, 1.807) is 18.2 Å². The first kappa shape index (κ1) is 15.8. The summed E-state index contributed by atoms with van der Waals surface area (Å²) in [6, 6.07) is 3.50. The number of allylic oxidation sites excluding steroid dienone is 2. The van der Waals surface area contributed by atoms with Crippen molar-refractivity contribution < 1.29 is 18.8 Å². The van der Waals surface area contributed by atoms with Gasteiger partial charge in [-0.05, 0) is 25.0 Å². The quantitative estimate of drug-likeness (QED) is 0.831. The van der Waals surface area contributed by atoms with E-state index in [1.807, 2.05) is 0 Å². The fourth-order valence-corrected chi connectivity index (χ4v) is 3.27. The van der Waals surface area contributed by atoms with E-state index in [1.165, 1.54) is 11.2 Å². The van der Waals surface area contributed by atoms with E-state index in [0.717, 1.165) is 0 Å². The van der Waals surface area contributed by atoms with E-state index >= 15 is 0 Å². The summed E-state index contributed by atoms with van der Waals surface area (Å²) in [5.74, 6) is -0.682. The average Bonchev–Trinajstić information content (AvgIpc) is 3.12. The second-order valence-electron chi connectivity index (χ2n) is 5.74. The summed E-state index contributed by atoms with van der Waals surface area (Å²) in [6.45, 7) is 0.394. The normalized spacial score (nSPS) is 23.7. The number of nitrogens with one attached hydrogen (secondary N) is 1. The van der Waals surface area contributed by atoms with Gasteiger partial charge in [-0.2, -0.15) is 0 Å². The number of carbonyl (C=O) groups is 3. The van der Waals surface area contributed by atoms with Gasteiger partial charge in [0.15, 0.2) is 0 Å². The van der Waals surface area contributed by atoms with Crippen molar-refractivity contribution >= 4 is 29.3 Å². The number of amides is 3. The van der Waals surface area contributed by atoms with Gasteiger partial charge in [0.25, 0.3) is 0 Å². The van der Waals surface area contributed by atoms with Crippen LogP contribution in [0, 0.1) is 11.8 Å². The van der Waals surface area contributed by atoms with Gasteiger partial charge in [-0.3, -0.25) is 19.3 Å². The third kappa shape index (κ3) is 3.32. The summed E-state index contributed by atoms with van der Waals surface area (Å²) < 4.78 is 5.12. The first-order valence-electron chi connectivity index (χ1n) is 7.55. The molecule has 1 aromatic heterocycles. The lowest BCUT2D eigenvalue weighted by Crippen LogP contribution is -2.35. The Morgan fingerprint density at radius 1 is 1.35 bits per heavy atom. The highest BCUT2D eigenvalue weighted by Gasteiger charge is 2.48. The minimum atomic E-state index is -0.369. The molecule has 7 heteroatoms. The molecule has 6 nitrogen and oxygen atoms in total. The summed E-state index contributed by atoms with van der Waals surface area (Å²) in [6.07, 6.45) is 4.32. The highest BCUT2D eigenvalue weighted by Crippen LogP contribution is 2.38. The zero-order valence-corrected chi connectivity index (χ0v) is 13.2. The smallest absolute Gasteiger partial charge is 0.233 e. The molecule has 1 aliphatic heterocycles. The van der Waals surface area contributed by atoms with Crippen LogP contribution in [-0.4, -0.2) is 29.2 Å². The van der Waals surface area contributed by atoms with Crippen LogP contribution in [0.25, 0.3) is 0 Å². The van der Waals surface area contributed by atoms with Gasteiger partial charge in [0.2, 0.25) is 17.7 Å². The standard InChI is InChI=1S/C16H17ClN2O4/c17-10-3-4-12-13(8-10)16(22)19(15(12)21)6-5-14(20)18-9-11-2-1-7-23-11/h1-3,7,12-13H,4-6,8-9H2,(H,18,20)/t12-,13-/m0/s1. The van der Waals surface area contributed by atoms with Crippen LogP contribution in [0.1, 0.15) is 25.0 Å². The molecule has 0 unspecified atom stereocenters. The van der Waals surface area contributed by atoms with E-state index < -0.39 is 0 Å². The fraction of sp³-hybridized carbons (Fsp3) is 0.438. The zero-order valence-electron chi connectivity index (χ0n) is 12.5. The fourth-order valence-electron chi connectivity index (χ4n) is 3.02. The molecule has 2 atom stereocenters. The lowest BCUT2D eigenvalue weighted by Gasteiger charge is -2.17. The van der Waals surface area contributed by atoms with Crippen LogP contribution in [0.4, 0.5) is 0 Å². The van der Waals surface area contributed by atoms with Crippen LogP contribution in [0.2, 0.25) is 0 Å². The molecule has 2 heterocycles. The maximum absolute atomic E-state index is 12.3. The average molecular weight is 337 g/mol. The van der Waals surface area contributed by atoms with Crippen LogP contribution < -0.4 is 5.32 Å². The Morgan fingerprint density at radius 2 is 2.13 bits per heavy atom. The minimum absolute atomic E-state index is 0.0821. The molecule has 1 aromatic rings.